The van der Waals surface area contributed by atoms with Gasteiger partial charge in [-0.05, 0) is 13.0 Å². The predicted molar refractivity (Wildman–Crippen MR) is 112 cm³/mol. The van der Waals surface area contributed by atoms with Crippen molar-refractivity contribution in [3.63, 3.8) is 0 Å². The molecular weight excluding hydrogens is 366 g/mol. The highest BCUT2D eigenvalue weighted by molar-refractivity contribution is 7.79. The Kier molecular flexibility index (Phi) is 19.0. The van der Waals surface area contributed by atoms with Crippen LogP contribution in [0.4, 0.5) is 0 Å². The number of morpholine rings is 1. The summed E-state index contributed by atoms with van der Waals surface area (Å²) < 4.78 is 37.0. The van der Waals surface area contributed by atoms with Gasteiger partial charge in [0, 0.05) is 13.1 Å². The van der Waals surface area contributed by atoms with Crippen molar-refractivity contribution in [2.75, 3.05) is 32.8 Å². The number of ether oxygens (including phenoxy) is 1. The molecule has 0 aromatic carbocycles. The van der Waals surface area contributed by atoms with Gasteiger partial charge in [0.05, 0.1) is 13.2 Å². The minimum absolute atomic E-state index is 0.943. The first-order chi connectivity index (χ1) is 12.9. The van der Waals surface area contributed by atoms with Crippen molar-refractivity contribution in [2.24, 2.45) is 0 Å². The van der Waals surface area contributed by atoms with Crippen molar-refractivity contribution in [3.8, 4) is 0 Å². The summed E-state index contributed by atoms with van der Waals surface area (Å²) >= 11 is 0. The lowest BCUT2D eigenvalue weighted by atomic mass is 10.0. The fourth-order valence-electron chi connectivity index (χ4n) is 3.35. The van der Waals surface area contributed by atoms with Gasteiger partial charge in [-0.25, -0.2) is 0 Å². The third-order valence-corrected chi connectivity index (χ3v) is 4.93. The maximum absolute atomic E-state index is 8.74. The van der Waals surface area contributed by atoms with Crippen molar-refractivity contribution in [2.45, 2.75) is 96.8 Å². The van der Waals surface area contributed by atoms with Crippen molar-refractivity contribution in [1.82, 2.24) is 4.90 Å². The molecule has 164 valence electrons. The Morgan fingerprint density at radius 1 is 0.704 bits per heavy atom. The SMILES string of the molecule is CCCCCCCCCCCCCCCCN1CCOCC1.O=S(=O)(O)O. The lowest BCUT2D eigenvalue weighted by molar-refractivity contribution is 0.0371. The van der Waals surface area contributed by atoms with Gasteiger partial charge >= 0.3 is 10.4 Å². The zero-order chi connectivity index (χ0) is 20.2. The summed E-state index contributed by atoms with van der Waals surface area (Å²) in [5, 5.41) is 0. The van der Waals surface area contributed by atoms with Crippen LogP contribution in [0.2, 0.25) is 0 Å². The molecule has 0 aromatic rings. The molecule has 7 heteroatoms. The summed E-state index contributed by atoms with van der Waals surface area (Å²) in [6.45, 7) is 7.78. The Labute approximate surface area is 167 Å². The molecule has 1 heterocycles. The molecule has 0 saturated carbocycles. The molecule has 0 amide bonds. The standard InChI is InChI=1S/C20H41NO.H2O4S/c1-2-3-4-5-6-7-8-9-10-11-12-13-14-15-16-21-17-19-22-20-18-21;1-5(2,3)4/h2-20H2,1H3;(H2,1,2,3,4). The van der Waals surface area contributed by atoms with Gasteiger partial charge in [0.1, 0.15) is 0 Å². The largest absolute Gasteiger partial charge is 0.394 e. The molecule has 0 radical (unpaired) electrons. The molecule has 0 bridgehead atoms. The van der Waals surface area contributed by atoms with Crippen molar-refractivity contribution >= 4 is 10.4 Å². The van der Waals surface area contributed by atoms with Gasteiger partial charge in [0.15, 0.2) is 0 Å². The van der Waals surface area contributed by atoms with E-state index in [0.717, 1.165) is 26.3 Å². The molecule has 0 aromatic heterocycles. The summed E-state index contributed by atoms with van der Waals surface area (Å²) in [4.78, 5) is 2.56. The van der Waals surface area contributed by atoms with Gasteiger partial charge in [-0.1, -0.05) is 90.4 Å². The number of hydrogen-bond acceptors (Lipinski definition) is 4. The van der Waals surface area contributed by atoms with Crippen LogP contribution in [0.25, 0.3) is 0 Å². The highest BCUT2D eigenvalue weighted by Crippen LogP contribution is 2.13. The topological polar surface area (TPSA) is 87.1 Å². The molecule has 6 nitrogen and oxygen atoms in total. The molecule has 27 heavy (non-hydrogen) atoms. The third kappa shape index (κ3) is 25.8. The lowest BCUT2D eigenvalue weighted by Gasteiger charge is -2.26. The van der Waals surface area contributed by atoms with Crippen LogP contribution in [0, 0.1) is 0 Å². The van der Waals surface area contributed by atoms with Crippen LogP contribution in [0.1, 0.15) is 96.8 Å². The molecule has 1 saturated heterocycles. The van der Waals surface area contributed by atoms with E-state index in [1.165, 1.54) is 96.4 Å². The van der Waals surface area contributed by atoms with Gasteiger partial charge in [0.25, 0.3) is 0 Å². The minimum atomic E-state index is -4.67. The van der Waals surface area contributed by atoms with Crippen LogP contribution < -0.4 is 0 Å². The van der Waals surface area contributed by atoms with Gasteiger partial charge in [-0.2, -0.15) is 8.42 Å². The van der Waals surface area contributed by atoms with Crippen LogP contribution in [-0.4, -0.2) is 55.3 Å². The number of nitrogens with zero attached hydrogens (tertiary/aromatic N) is 1. The lowest BCUT2D eigenvalue weighted by Crippen LogP contribution is -2.36. The first kappa shape index (κ1) is 26.8. The molecule has 1 aliphatic rings. The molecule has 0 unspecified atom stereocenters. The monoisotopic (exact) mass is 409 g/mol. The quantitative estimate of drug-likeness (QED) is 0.287. The van der Waals surface area contributed by atoms with E-state index in [0.29, 0.717) is 0 Å². The Bertz CT molecular complexity index is 389. The molecule has 0 spiro atoms. The molecule has 0 aliphatic carbocycles. The van der Waals surface area contributed by atoms with E-state index in [2.05, 4.69) is 11.8 Å². The number of unbranched alkanes of at least 4 members (excludes halogenated alkanes) is 13. The number of rotatable bonds is 15. The fraction of sp³-hybridized carbons (Fsp3) is 1.00. The maximum atomic E-state index is 8.74. The molecule has 0 atom stereocenters. The Balaban J connectivity index is 0.00000119. The minimum Gasteiger partial charge on any atom is -0.379 e. The van der Waals surface area contributed by atoms with E-state index in [9.17, 15) is 0 Å². The van der Waals surface area contributed by atoms with Crippen LogP contribution in [0.15, 0.2) is 0 Å². The zero-order valence-corrected chi connectivity index (χ0v) is 18.2. The highest BCUT2D eigenvalue weighted by atomic mass is 32.3. The molecular formula is C20H43NO5S. The van der Waals surface area contributed by atoms with Crippen molar-refractivity contribution in [3.05, 3.63) is 0 Å². The van der Waals surface area contributed by atoms with E-state index in [4.69, 9.17) is 22.3 Å². The summed E-state index contributed by atoms with van der Waals surface area (Å²) in [5.41, 5.74) is 0. The van der Waals surface area contributed by atoms with Gasteiger partial charge in [-0.3, -0.25) is 14.0 Å². The average Bonchev–Trinajstić information content (AvgIpc) is 2.61. The summed E-state index contributed by atoms with van der Waals surface area (Å²) in [5.74, 6) is 0. The second-order valence-corrected chi connectivity index (χ2v) is 8.39. The summed E-state index contributed by atoms with van der Waals surface area (Å²) in [7, 11) is -4.67. The normalized spacial score (nSPS) is 15.4. The molecule has 1 rings (SSSR count). The Hall–Kier alpha value is -0.210. The van der Waals surface area contributed by atoms with Crippen LogP contribution in [-0.2, 0) is 15.1 Å². The fourth-order valence-corrected chi connectivity index (χ4v) is 3.35. The van der Waals surface area contributed by atoms with E-state index < -0.39 is 10.4 Å². The van der Waals surface area contributed by atoms with Crippen LogP contribution in [0.3, 0.4) is 0 Å². The summed E-state index contributed by atoms with van der Waals surface area (Å²) in [6.07, 6.45) is 20.3. The first-order valence-electron chi connectivity index (χ1n) is 10.9. The van der Waals surface area contributed by atoms with E-state index in [1.807, 2.05) is 0 Å². The summed E-state index contributed by atoms with van der Waals surface area (Å²) in [6, 6.07) is 0. The van der Waals surface area contributed by atoms with Gasteiger partial charge in [0.2, 0.25) is 0 Å². The molecule has 1 aliphatic heterocycles. The van der Waals surface area contributed by atoms with Crippen molar-refractivity contribution in [1.29, 1.82) is 0 Å². The second kappa shape index (κ2) is 19.1. The Morgan fingerprint density at radius 2 is 1.04 bits per heavy atom. The second-order valence-electron chi connectivity index (χ2n) is 7.50. The maximum Gasteiger partial charge on any atom is 0.394 e. The molecule has 2 N–H and O–H groups in total. The van der Waals surface area contributed by atoms with Crippen molar-refractivity contribution < 1.29 is 22.3 Å². The zero-order valence-electron chi connectivity index (χ0n) is 17.4. The predicted octanol–water partition coefficient (Wildman–Crippen LogP) is 5.15. The molecule has 1 fully saturated rings. The van der Waals surface area contributed by atoms with Gasteiger partial charge < -0.3 is 4.74 Å². The van der Waals surface area contributed by atoms with Crippen LogP contribution in [0.5, 0.6) is 0 Å². The smallest absolute Gasteiger partial charge is 0.379 e. The third-order valence-electron chi connectivity index (χ3n) is 4.93. The average molecular weight is 410 g/mol. The highest BCUT2D eigenvalue weighted by Gasteiger charge is 2.08. The van der Waals surface area contributed by atoms with Crippen LogP contribution >= 0.6 is 0 Å². The number of hydrogen-bond donors (Lipinski definition) is 2. The van der Waals surface area contributed by atoms with E-state index in [1.54, 1.807) is 0 Å². The van der Waals surface area contributed by atoms with Gasteiger partial charge in [-0.15, -0.1) is 0 Å². The van der Waals surface area contributed by atoms with E-state index >= 15 is 0 Å². The first-order valence-corrected chi connectivity index (χ1v) is 12.3. The van der Waals surface area contributed by atoms with E-state index in [-0.39, 0.29) is 0 Å². The Morgan fingerprint density at radius 3 is 1.41 bits per heavy atom.